The molecule has 25 heavy (non-hydrogen) atoms. The predicted octanol–water partition coefficient (Wildman–Crippen LogP) is 2.01. The molecule has 0 bridgehead atoms. The minimum absolute atomic E-state index is 0.00313. The molecule has 7 nitrogen and oxygen atoms in total. The summed E-state index contributed by atoms with van der Waals surface area (Å²) in [5, 5.41) is 5.96. The Labute approximate surface area is 153 Å². The van der Waals surface area contributed by atoms with E-state index >= 15 is 0 Å². The van der Waals surface area contributed by atoms with Crippen LogP contribution in [0.3, 0.4) is 0 Å². The molecule has 2 heterocycles. The van der Waals surface area contributed by atoms with Gasteiger partial charge in [0.1, 0.15) is 0 Å². The summed E-state index contributed by atoms with van der Waals surface area (Å²) in [6.07, 6.45) is 7.29. The fraction of sp³-hybridized carbons (Fsp3) is 0.765. The van der Waals surface area contributed by atoms with Crippen molar-refractivity contribution in [1.82, 2.24) is 15.5 Å². The number of nitrogens with zero attached hydrogens (tertiary/aromatic N) is 1. The number of rotatable bonds is 10. The van der Waals surface area contributed by atoms with Gasteiger partial charge in [0, 0.05) is 24.0 Å². The Kier molecular flexibility index (Phi) is 7.87. The minimum atomic E-state index is -0.685. The SMILES string of the molecule is [CH2]CCCCCNC(=O)CCCC[C@@H]1SC[C@@H]2NC(=O)N(C(N)=O)[C@@H]21. The molecule has 2 fully saturated rings. The van der Waals surface area contributed by atoms with Crippen LogP contribution in [0.15, 0.2) is 0 Å². The van der Waals surface area contributed by atoms with Crippen molar-refractivity contribution in [3.63, 3.8) is 0 Å². The monoisotopic (exact) mass is 369 g/mol. The average Bonchev–Trinajstić information content (AvgIpc) is 3.09. The molecule has 0 aromatic rings. The van der Waals surface area contributed by atoms with Crippen molar-refractivity contribution in [2.24, 2.45) is 5.73 Å². The number of amides is 5. The molecule has 2 aliphatic heterocycles. The van der Waals surface area contributed by atoms with E-state index in [1.165, 1.54) is 0 Å². The summed E-state index contributed by atoms with van der Waals surface area (Å²) in [5.41, 5.74) is 5.34. The first-order valence-electron chi connectivity index (χ1n) is 9.11. The first-order chi connectivity index (χ1) is 12.0. The Hall–Kier alpha value is -1.44. The van der Waals surface area contributed by atoms with Crippen LogP contribution in [0.5, 0.6) is 0 Å². The van der Waals surface area contributed by atoms with Crippen molar-refractivity contribution in [1.29, 1.82) is 0 Å². The molecule has 0 saturated carbocycles. The topological polar surface area (TPSA) is 105 Å². The van der Waals surface area contributed by atoms with Gasteiger partial charge in [-0.3, -0.25) is 4.79 Å². The quantitative estimate of drug-likeness (QED) is 0.405. The molecule has 0 aromatic carbocycles. The summed E-state index contributed by atoms with van der Waals surface area (Å²) in [5.74, 6) is 0.904. The molecule has 2 rings (SSSR count). The van der Waals surface area contributed by atoms with Gasteiger partial charge in [-0.25, -0.2) is 14.5 Å². The van der Waals surface area contributed by atoms with Crippen LogP contribution in [0.4, 0.5) is 9.59 Å². The van der Waals surface area contributed by atoms with Crippen LogP contribution in [0.1, 0.15) is 51.4 Å². The summed E-state index contributed by atoms with van der Waals surface area (Å²) in [6, 6.07) is -1.23. The molecule has 141 valence electrons. The van der Waals surface area contributed by atoms with E-state index in [2.05, 4.69) is 17.6 Å². The number of hydrogen-bond acceptors (Lipinski definition) is 4. The zero-order chi connectivity index (χ0) is 18.2. The maximum absolute atomic E-state index is 11.8. The van der Waals surface area contributed by atoms with Gasteiger partial charge in [-0.2, -0.15) is 11.8 Å². The molecule has 3 atom stereocenters. The number of imide groups is 1. The highest BCUT2D eigenvalue weighted by atomic mass is 32.2. The third-order valence-electron chi connectivity index (χ3n) is 4.74. The maximum atomic E-state index is 11.8. The van der Waals surface area contributed by atoms with E-state index < -0.39 is 6.03 Å². The van der Waals surface area contributed by atoms with Crippen molar-refractivity contribution in [3.05, 3.63) is 6.92 Å². The fourth-order valence-corrected chi connectivity index (χ4v) is 5.02. The second-order valence-electron chi connectivity index (χ2n) is 6.64. The molecule has 0 aliphatic carbocycles. The minimum Gasteiger partial charge on any atom is -0.356 e. The van der Waals surface area contributed by atoms with E-state index in [4.69, 9.17) is 5.73 Å². The summed E-state index contributed by atoms with van der Waals surface area (Å²) in [6.45, 7) is 4.54. The highest BCUT2D eigenvalue weighted by Gasteiger charge is 2.50. The summed E-state index contributed by atoms with van der Waals surface area (Å²) in [4.78, 5) is 36.3. The number of fused-ring (bicyclic) bond motifs is 1. The summed E-state index contributed by atoms with van der Waals surface area (Å²) < 4.78 is 0. The number of primary amides is 1. The third-order valence-corrected chi connectivity index (χ3v) is 6.23. The number of nitrogens with two attached hydrogens (primary N) is 1. The van der Waals surface area contributed by atoms with Crippen molar-refractivity contribution < 1.29 is 14.4 Å². The smallest absolute Gasteiger partial charge is 0.326 e. The molecule has 0 unspecified atom stereocenters. The molecule has 5 amide bonds. The Bertz CT molecular complexity index is 489. The van der Waals surface area contributed by atoms with Gasteiger partial charge >= 0.3 is 12.1 Å². The van der Waals surface area contributed by atoms with Crippen LogP contribution in [0, 0.1) is 6.92 Å². The summed E-state index contributed by atoms with van der Waals surface area (Å²) in [7, 11) is 0. The van der Waals surface area contributed by atoms with Crippen molar-refractivity contribution >= 4 is 29.7 Å². The summed E-state index contributed by atoms with van der Waals surface area (Å²) >= 11 is 1.77. The van der Waals surface area contributed by atoms with Gasteiger partial charge in [-0.05, 0) is 19.3 Å². The van der Waals surface area contributed by atoms with E-state index in [0.717, 1.165) is 62.1 Å². The molecule has 2 saturated heterocycles. The van der Waals surface area contributed by atoms with Gasteiger partial charge in [-0.1, -0.05) is 32.6 Å². The van der Waals surface area contributed by atoms with Crippen LogP contribution >= 0.6 is 11.8 Å². The van der Waals surface area contributed by atoms with Crippen molar-refractivity contribution in [3.8, 4) is 0 Å². The Morgan fingerprint density at radius 2 is 2.08 bits per heavy atom. The van der Waals surface area contributed by atoms with Crippen LogP contribution in [-0.2, 0) is 4.79 Å². The Balaban J connectivity index is 1.62. The van der Waals surface area contributed by atoms with E-state index in [0.29, 0.717) is 6.42 Å². The van der Waals surface area contributed by atoms with E-state index in [-0.39, 0.29) is 29.3 Å². The number of carbonyl (C=O) groups excluding carboxylic acids is 3. The lowest BCUT2D eigenvalue weighted by Gasteiger charge is -2.24. The van der Waals surface area contributed by atoms with E-state index in [1.54, 1.807) is 11.8 Å². The maximum Gasteiger partial charge on any atom is 0.326 e. The molecule has 0 aromatic heterocycles. The molecule has 8 heteroatoms. The van der Waals surface area contributed by atoms with Gasteiger partial charge in [-0.15, -0.1) is 0 Å². The van der Waals surface area contributed by atoms with Crippen molar-refractivity contribution in [2.45, 2.75) is 68.7 Å². The molecular weight excluding hydrogens is 340 g/mol. The third kappa shape index (κ3) is 5.52. The number of carbonyl (C=O) groups is 3. The predicted molar refractivity (Wildman–Crippen MR) is 99.1 cm³/mol. The van der Waals surface area contributed by atoms with Crippen LogP contribution in [0.25, 0.3) is 0 Å². The lowest BCUT2D eigenvalue weighted by molar-refractivity contribution is -0.121. The number of thioether (sulfide) groups is 1. The first-order valence-corrected chi connectivity index (χ1v) is 10.2. The molecule has 1 radical (unpaired) electrons. The lowest BCUT2D eigenvalue weighted by atomic mass is 10.0. The second-order valence-corrected chi connectivity index (χ2v) is 7.91. The number of hydrogen-bond donors (Lipinski definition) is 3. The zero-order valence-electron chi connectivity index (χ0n) is 14.7. The van der Waals surface area contributed by atoms with Crippen LogP contribution in [-0.4, -0.2) is 52.5 Å². The van der Waals surface area contributed by atoms with Gasteiger partial charge in [0.05, 0.1) is 12.1 Å². The molecule has 4 N–H and O–H groups in total. The van der Waals surface area contributed by atoms with E-state index in [9.17, 15) is 14.4 Å². The second kappa shape index (κ2) is 9.89. The highest BCUT2D eigenvalue weighted by Crippen LogP contribution is 2.37. The zero-order valence-corrected chi connectivity index (χ0v) is 15.5. The van der Waals surface area contributed by atoms with E-state index in [1.807, 2.05) is 0 Å². The Morgan fingerprint density at radius 3 is 2.80 bits per heavy atom. The standard InChI is InChI=1S/C17H29N4O3S/c1-2-3-4-7-10-19-14(22)9-6-5-8-13-15-12(11-25-13)20-17(24)21(15)16(18)23/h12-13,15H,1-11H2,(H2,18,23)(H,19,22)(H,20,24)/t12-,13-,15-/m0/s1. The van der Waals surface area contributed by atoms with Crippen LogP contribution < -0.4 is 16.4 Å². The molecule has 0 spiro atoms. The average molecular weight is 370 g/mol. The molecular formula is C17H29N4O3S. The first kappa shape index (κ1) is 19.9. The highest BCUT2D eigenvalue weighted by molar-refractivity contribution is 8.00. The Morgan fingerprint density at radius 1 is 1.28 bits per heavy atom. The number of unbranched alkanes of at least 4 members (excludes halogenated alkanes) is 4. The van der Waals surface area contributed by atoms with Crippen molar-refractivity contribution in [2.75, 3.05) is 12.3 Å². The van der Waals surface area contributed by atoms with Gasteiger partial charge in [0.25, 0.3) is 0 Å². The number of urea groups is 2. The lowest BCUT2D eigenvalue weighted by Crippen LogP contribution is -2.47. The van der Waals surface area contributed by atoms with Gasteiger partial charge < -0.3 is 16.4 Å². The van der Waals surface area contributed by atoms with Gasteiger partial charge in [0.2, 0.25) is 5.91 Å². The molecule has 2 aliphatic rings. The van der Waals surface area contributed by atoms with Gasteiger partial charge in [0.15, 0.2) is 0 Å². The normalized spacial score (nSPS) is 24.9. The largest absolute Gasteiger partial charge is 0.356 e. The fourth-order valence-electron chi connectivity index (χ4n) is 3.45. The number of nitrogens with one attached hydrogen (secondary N) is 2. The van der Waals surface area contributed by atoms with Crippen LogP contribution in [0.2, 0.25) is 0 Å².